The number of fused-ring (bicyclic) bond motifs is 3. The third-order valence-electron chi connectivity index (χ3n) is 4.61. The van der Waals surface area contributed by atoms with Crippen molar-refractivity contribution in [2.45, 2.75) is 31.3 Å². The number of rotatable bonds is 1. The fourth-order valence-corrected chi connectivity index (χ4v) is 3.70. The molecule has 4 rings (SSSR count). The summed E-state index contributed by atoms with van der Waals surface area (Å²) < 4.78 is 0. The Labute approximate surface area is 122 Å². The Morgan fingerprint density at radius 3 is 2.90 bits per heavy atom. The third-order valence-corrected chi connectivity index (χ3v) is 4.61. The molecule has 21 heavy (non-hydrogen) atoms. The first-order valence-electron chi connectivity index (χ1n) is 7.30. The Morgan fingerprint density at radius 2 is 2.10 bits per heavy atom. The van der Waals surface area contributed by atoms with Crippen molar-refractivity contribution < 1.29 is 9.90 Å². The number of pyridine rings is 1. The zero-order chi connectivity index (χ0) is 14.4. The van der Waals surface area contributed by atoms with Crippen molar-refractivity contribution in [1.29, 1.82) is 0 Å². The predicted molar refractivity (Wildman–Crippen MR) is 81.0 cm³/mol. The van der Waals surface area contributed by atoms with E-state index < -0.39 is 6.09 Å². The van der Waals surface area contributed by atoms with Crippen molar-refractivity contribution in [1.82, 2.24) is 9.88 Å². The van der Waals surface area contributed by atoms with Crippen LogP contribution in [0.25, 0.3) is 16.5 Å². The summed E-state index contributed by atoms with van der Waals surface area (Å²) in [5, 5.41) is 10.5. The standard InChI is InChI=1S/C17H16N2O2/c20-17(21)19-12-5-6-13(19)10-11(9-12)14-7-8-18-16-4-2-1-3-15(14)16/h1-4,7-9,12-13H,5-6,10H2,(H,20,21). The first kappa shape index (κ1) is 12.4. The molecule has 1 fully saturated rings. The average molecular weight is 280 g/mol. The van der Waals surface area contributed by atoms with Gasteiger partial charge in [-0.3, -0.25) is 9.88 Å². The van der Waals surface area contributed by atoms with Crippen LogP contribution in [0.3, 0.4) is 0 Å². The maximum atomic E-state index is 11.4. The summed E-state index contributed by atoms with van der Waals surface area (Å²) >= 11 is 0. The number of carboxylic acid groups (broad SMARTS) is 1. The van der Waals surface area contributed by atoms with Crippen LogP contribution in [0.1, 0.15) is 24.8 Å². The number of hydrogen-bond acceptors (Lipinski definition) is 2. The van der Waals surface area contributed by atoms with E-state index in [-0.39, 0.29) is 12.1 Å². The zero-order valence-electron chi connectivity index (χ0n) is 11.6. The molecule has 1 amide bonds. The van der Waals surface area contributed by atoms with Crippen LogP contribution < -0.4 is 0 Å². The Kier molecular flexibility index (Phi) is 2.70. The van der Waals surface area contributed by atoms with Gasteiger partial charge in [0.1, 0.15) is 0 Å². The van der Waals surface area contributed by atoms with Crippen molar-refractivity contribution in [2.75, 3.05) is 0 Å². The van der Waals surface area contributed by atoms with Gasteiger partial charge in [-0.25, -0.2) is 4.79 Å². The maximum Gasteiger partial charge on any atom is 0.408 e. The minimum absolute atomic E-state index is 0.0307. The van der Waals surface area contributed by atoms with Gasteiger partial charge in [0.25, 0.3) is 0 Å². The topological polar surface area (TPSA) is 53.4 Å². The number of nitrogens with zero attached hydrogens (tertiary/aromatic N) is 2. The minimum atomic E-state index is -0.794. The van der Waals surface area contributed by atoms with Gasteiger partial charge in [0.2, 0.25) is 0 Å². The fourth-order valence-electron chi connectivity index (χ4n) is 3.70. The molecule has 106 valence electrons. The van der Waals surface area contributed by atoms with Crippen LogP contribution in [-0.2, 0) is 0 Å². The minimum Gasteiger partial charge on any atom is -0.465 e. The van der Waals surface area contributed by atoms with E-state index in [0.29, 0.717) is 0 Å². The van der Waals surface area contributed by atoms with E-state index in [9.17, 15) is 9.90 Å². The van der Waals surface area contributed by atoms with Crippen molar-refractivity contribution in [2.24, 2.45) is 0 Å². The second-order valence-corrected chi connectivity index (χ2v) is 5.76. The maximum absolute atomic E-state index is 11.4. The summed E-state index contributed by atoms with van der Waals surface area (Å²) in [6, 6.07) is 10.3. The molecule has 2 unspecified atom stereocenters. The summed E-state index contributed by atoms with van der Waals surface area (Å²) in [6.45, 7) is 0. The molecule has 4 heteroatoms. The summed E-state index contributed by atoms with van der Waals surface area (Å²) in [6.07, 6.45) is 5.88. The van der Waals surface area contributed by atoms with Crippen molar-refractivity contribution >= 4 is 22.6 Å². The summed E-state index contributed by atoms with van der Waals surface area (Å²) in [7, 11) is 0. The highest BCUT2D eigenvalue weighted by atomic mass is 16.4. The molecule has 3 heterocycles. The Hall–Kier alpha value is -2.36. The monoisotopic (exact) mass is 280 g/mol. The zero-order valence-corrected chi connectivity index (χ0v) is 11.6. The van der Waals surface area contributed by atoms with Gasteiger partial charge < -0.3 is 5.11 Å². The van der Waals surface area contributed by atoms with Crippen LogP contribution in [0.15, 0.2) is 42.6 Å². The molecule has 2 aliphatic rings. The van der Waals surface area contributed by atoms with Gasteiger partial charge in [0.15, 0.2) is 0 Å². The molecule has 1 aromatic carbocycles. The lowest BCUT2D eigenvalue weighted by molar-refractivity contribution is 0.128. The molecular weight excluding hydrogens is 264 g/mol. The second-order valence-electron chi connectivity index (χ2n) is 5.76. The molecule has 1 N–H and O–H groups in total. The Bertz CT molecular complexity index is 748. The smallest absolute Gasteiger partial charge is 0.408 e. The molecule has 0 saturated carbocycles. The van der Waals surface area contributed by atoms with E-state index in [1.165, 1.54) is 11.1 Å². The lowest BCUT2D eigenvalue weighted by Gasteiger charge is -2.32. The molecule has 2 aromatic rings. The molecule has 1 aromatic heterocycles. The van der Waals surface area contributed by atoms with Gasteiger partial charge in [-0.2, -0.15) is 0 Å². The van der Waals surface area contributed by atoms with Gasteiger partial charge in [-0.05, 0) is 42.5 Å². The largest absolute Gasteiger partial charge is 0.465 e. The lowest BCUT2D eigenvalue weighted by atomic mass is 9.93. The van der Waals surface area contributed by atoms with Crippen molar-refractivity contribution in [3.63, 3.8) is 0 Å². The second kappa shape index (κ2) is 4.58. The van der Waals surface area contributed by atoms with E-state index >= 15 is 0 Å². The highest BCUT2D eigenvalue weighted by molar-refractivity contribution is 5.92. The van der Waals surface area contributed by atoms with Crippen LogP contribution in [-0.4, -0.2) is 33.2 Å². The van der Waals surface area contributed by atoms with Crippen LogP contribution in [0.4, 0.5) is 4.79 Å². The molecule has 0 radical (unpaired) electrons. The number of aromatic nitrogens is 1. The van der Waals surface area contributed by atoms with Gasteiger partial charge in [0, 0.05) is 17.6 Å². The van der Waals surface area contributed by atoms with E-state index in [1.54, 1.807) is 4.90 Å². The van der Waals surface area contributed by atoms with Crippen LogP contribution in [0.5, 0.6) is 0 Å². The summed E-state index contributed by atoms with van der Waals surface area (Å²) in [5.41, 5.74) is 3.45. The van der Waals surface area contributed by atoms with E-state index in [1.807, 2.05) is 30.5 Å². The molecule has 2 aliphatic heterocycles. The van der Waals surface area contributed by atoms with Gasteiger partial charge in [-0.1, -0.05) is 24.3 Å². The van der Waals surface area contributed by atoms with E-state index in [0.717, 1.165) is 30.2 Å². The molecule has 2 bridgehead atoms. The predicted octanol–water partition coefficient (Wildman–Crippen LogP) is 3.53. The highest BCUT2D eigenvalue weighted by Crippen LogP contribution is 2.39. The molecule has 1 saturated heterocycles. The van der Waals surface area contributed by atoms with E-state index in [2.05, 4.69) is 17.1 Å². The first-order chi connectivity index (χ1) is 10.2. The SMILES string of the molecule is O=C(O)N1C2C=C(c3ccnc4ccccc34)CC1CC2. The van der Waals surface area contributed by atoms with Gasteiger partial charge >= 0.3 is 6.09 Å². The average Bonchev–Trinajstić information content (AvgIpc) is 2.78. The van der Waals surface area contributed by atoms with Crippen LogP contribution in [0, 0.1) is 0 Å². The fraction of sp³-hybridized carbons (Fsp3) is 0.294. The molecular formula is C17H16N2O2. The first-order valence-corrected chi connectivity index (χ1v) is 7.30. The summed E-state index contributed by atoms with van der Waals surface area (Å²) in [4.78, 5) is 17.4. The van der Waals surface area contributed by atoms with Gasteiger partial charge in [0.05, 0.1) is 11.6 Å². The quantitative estimate of drug-likeness (QED) is 0.869. The highest BCUT2D eigenvalue weighted by Gasteiger charge is 2.39. The Morgan fingerprint density at radius 1 is 1.24 bits per heavy atom. The van der Waals surface area contributed by atoms with Crippen LogP contribution >= 0.6 is 0 Å². The molecule has 0 aliphatic carbocycles. The van der Waals surface area contributed by atoms with E-state index in [4.69, 9.17) is 0 Å². The number of carbonyl (C=O) groups is 1. The number of hydrogen-bond donors (Lipinski definition) is 1. The Balaban J connectivity index is 1.81. The van der Waals surface area contributed by atoms with Gasteiger partial charge in [-0.15, -0.1) is 0 Å². The van der Waals surface area contributed by atoms with Crippen LogP contribution in [0.2, 0.25) is 0 Å². The summed E-state index contributed by atoms with van der Waals surface area (Å²) in [5.74, 6) is 0. The number of amides is 1. The van der Waals surface area contributed by atoms with Crippen molar-refractivity contribution in [3.8, 4) is 0 Å². The number of benzene rings is 1. The molecule has 0 spiro atoms. The molecule has 2 atom stereocenters. The molecule has 4 nitrogen and oxygen atoms in total. The normalized spacial score (nSPS) is 24.2. The third kappa shape index (κ3) is 1.90. The number of para-hydroxylation sites is 1. The van der Waals surface area contributed by atoms with Crippen molar-refractivity contribution in [3.05, 3.63) is 48.2 Å². The lowest BCUT2D eigenvalue weighted by Crippen LogP contribution is -2.42.